The van der Waals surface area contributed by atoms with E-state index in [2.05, 4.69) is 5.32 Å². The normalized spacial score (nSPS) is 23.2. The van der Waals surface area contributed by atoms with Crippen LogP contribution in [0.3, 0.4) is 0 Å². The number of hydrogen-bond acceptors (Lipinski definition) is 3. The van der Waals surface area contributed by atoms with E-state index in [4.69, 9.17) is 0 Å². The molecule has 148 valence electrons. The number of carbonyl (C=O) groups excluding carboxylic acids is 3. The molecule has 3 amide bonds. The summed E-state index contributed by atoms with van der Waals surface area (Å²) in [5.41, 5.74) is 2.86. The summed E-state index contributed by atoms with van der Waals surface area (Å²) in [6, 6.07) is 14.4. The van der Waals surface area contributed by atoms with Crippen molar-refractivity contribution >= 4 is 29.1 Å². The standard InChI is InChI=1S/C24H24N2O3/c1-3-16-8-4-5-10-20(16)25-22(27)17-11-13-18(14-12-17)26-23(28)19-9-6-7-15(2)21(19)24(26)29/h4-8,10-15,19,21H,3,9H2,1-2H3,(H,25,27)/t15-,19-,21+/m1/s1. The molecule has 1 N–H and O–H groups in total. The topological polar surface area (TPSA) is 66.5 Å². The Morgan fingerprint density at radius 2 is 1.79 bits per heavy atom. The lowest BCUT2D eigenvalue weighted by atomic mass is 9.78. The maximum atomic E-state index is 12.9. The van der Waals surface area contributed by atoms with E-state index in [-0.39, 0.29) is 35.5 Å². The largest absolute Gasteiger partial charge is 0.322 e. The van der Waals surface area contributed by atoms with Gasteiger partial charge in [-0.25, -0.2) is 0 Å². The van der Waals surface area contributed by atoms with Crippen LogP contribution in [0.4, 0.5) is 11.4 Å². The van der Waals surface area contributed by atoms with E-state index in [0.717, 1.165) is 17.7 Å². The first kappa shape index (κ1) is 19.1. The Labute approximate surface area is 170 Å². The van der Waals surface area contributed by atoms with Gasteiger partial charge in [0, 0.05) is 11.3 Å². The van der Waals surface area contributed by atoms with Crippen LogP contribution in [0.25, 0.3) is 0 Å². The minimum absolute atomic E-state index is 0.0545. The number of amides is 3. The van der Waals surface area contributed by atoms with Gasteiger partial charge >= 0.3 is 0 Å². The van der Waals surface area contributed by atoms with Crippen molar-refractivity contribution in [2.45, 2.75) is 26.7 Å². The molecule has 0 bridgehead atoms. The minimum Gasteiger partial charge on any atom is -0.322 e. The lowest BCUT2D eigenvalue weighted by molar-refractivity contribution is -0.122. The van der Waals surface area contributed by atoms with E-state index in [9.17, 15) is 14.4 Å². The highest BCUT2D eigenvalue weighted by molar-refractivity contribution is 6.22. The van der Waals surface area contributed by atoms with Gasteiger partial charge in [0.2, 0.25) is 11.8 Å². The molecule has 5 nitrogen and oxygen atoms in total. The van der Waals surface area contributed by atoms with Gasteiger partial charge in [-0.15, -0.1) is 0 Å². The molecule has 0 radical (unpaired) electrons. The summed E-state index contributed by atoms with van der Waals surface area (Å²) in [7, 11) is 0. The first-order chi connectivity index (χ1) is 14.0. The van der Waals surface area contributed by atoms with E-state index < -0.39 is 0 Å². The second-order valence-corrected chi connectivity index (χ2v) is 7.68. The van der Waals surface area contributed by atoms with Crippen LogP contribution in [0.15, 0.2) is 60.7 Å². The second-order valence-electron chi connectivity index (χ2n) is 7.68. The Morgan fingerprint density at radius 1 is 1.07 bits per heavy atom. The van der Waals surface area contributed by atoms with Gasteiger partial charge in [-0.2, -0.15) is 0 Å². The third-order valence-corrected chi connectivity index (χ3v) is 5.91. The Bertz CT molecular complexity index is 993. The fourth-order valence-corrected chi connectivity index (χ4v) is 4.31. The summed E-state index contributed by atoms with van der Waals surface area (Å²) in [6.07, 6.45) is 5.43. The molecule has 0 saturated carbocycles. The molecule has 0 spiro atoms. The van der Waals surface area contributed by atoms with Crippen molar-refractivity contribution in [3.63, 3.8) is 0 Å². The van der Waals surface area contributed by atoms with E-state index >= 15 is 0 Å². The van der Waals surface area contributed by atoms with Gasteiger partial charge in [-0.3, -0.25) is 19.3 Å². The number of anilines is 2. The number of imide groups is 1. The molecule has 0 aromatic heterocycles. The molecular weight excluding hydrogens is 364 g/mol. The molecular formula is C24H24N2O3. The number of aryl methyl sites for hydroxylation is 1. The van der Waals surface area contributed by atoms with Crippen molar-refractivity contribution in [3.05, 3.63) is 71.8 Å². The van der Waals surface area contributed by atoms with Crippen LogP contribution in [0.1, 0.15) is 36.2 Å². The summed E-state index contributed by atoms with van der Waals surface area (Å²) in [5, 5.41) is 2.94. The third kappa shape index (κ3) is 3.37. The molecule has 29 heavy (non-hydrogen) atoms. The number of benzene rings is 2. The van der Waals surface area contributed by atoms with Gasteiger partial charge in [0.05, 0.1) is 17.5 Å². The van der Waals surface area contributed by atoms with E-state index in [1.807, 2.05) is 50.3 Å². The van der Waals surface area contributed by atoms with Gasteiger partial charge in [0.15, 0.2) is 0 Å². The zero-order valence-electron chi connectivity index (χ0n) is 16.6. The van der Waals surface area contributed by atoms with Crippen LogP contribution in [0.5, 0.6) is 0 Å². The van der Waals surface area contributed by atoms with Crippen molar-refractivity contribution in [1.82, 2.24) is 0 Å². The molecule has 3 atom stereocenters. The number of para-hydroxylation sites is 1. The minimum atomic E-state index is -0.291. The predicted octanol–water partition coefficient (Wildman–Crippen LogP) is 4.20. The maximum Gasteiger partial charge on any atom is 0.255 e. The Kier molecular flexibility index (Phi) is 5.05. The Morgan fingerprint density at radius 3 is 2.48 bits per heavy atom. The molecule has 1 aliphatic carbocycles. The van der Waals surface area contributed by atoms with Crippen LogP contribution < -0.4 is 10.2 Å². The summed E-state index contributed by atoms with van der Waals surface area (Å²) in [6.45, 7) is 4.02. The molecule has 5 heteroatoms. The second kappa shape index (κ2) is 7.66. The highest BCUT2D eigenvalue weighted by atomic mass is 16.2. The molecule has 1 saturated heterocycles. The number of carbonyl (C=O) groups is 3. The average Bonchev–Trinajstić information content (AvgIpc) is 3.00. The van der Waals surface area contributed by atoms with Crippen LogP contribution in [-0.4, -0.2) is 17.7 Å². The zero-order valence-corrected chi connectivity index (χ0v) is 16.6. The average molecular weight is 388 g/mol. The number of allylic oxidation sites excluding steroid dienone is 2. The number of rotatable bonds is 4. The molecule has 2 aliphatic rings. The van der Waals surface area contributed by atoms with E-state index in [1.54, 1.807) is 24.3 Å². The SMILES string of the molecule is CCc1ccccc1NC(=O)c1ccc(N2C(=O)[C@H]3[C@H](C)C=CC[C@H]3C2=O)cc1. The lowest BCUT2D eigenvalue weighted by Crippen LogP contribution is -2.31. The lowest BCUT2D eigenvalue weighted by Gasteiger charge is -2.22. The first-order valence-corrected chi connectivity index (χ1v) is 10.0. The van der Waals surface area contributed by atoms with Gasteiger partial charge in [-0.1, -0.05) is 44.2 Å². The molecule has 4 rings (SSSR count). The summed E-state index contributed by atoms with van der Waals surface area (Å²) in [4.78, 5) is 39.6. The molecule has 2 aromatic rings. The smallest absolute Gasteiger partial charge is 0.255 e. The van der Waals surface area contributed by atoms with Gasteiger partial charge < -0.3 is 5.32 Å². The van der Waals surface area contributed by atoms with Gasteiger partial charge in [0.1, 0.15) is 0 Å². The van der Waals surface area contributed by atoms with Gasteiger partial charge in [0.25, 0.3) is 5.91 Å². The summed E-state index contributed by atoms with van der Waals surface area (Å²) in [5.74, 6) is -1.03. The Hall–Kier alpha value is -3.21. The third-order valence-electron chi connectivity index (χ3n) is 5.91. The summed E-state index contributed by atoms with van der Waals surface area (Å²) >= 11 is 0. The Balaban J connectivity index is 1.53. The molecule has 0 unspecified atom stereocenters. The number of hydrogen-bond donors (Lipinski definition) is 1. The fraction of sp³-hybridized carbons (Fsp3) is 0.292. The van der Waals surface area contributed by atoms with Gasteiger partial charge in [-0.05, 0) is 54.7 Å². The van der Waals surface area contributed by atoms with E-state index in [0.29, 0.717) is 17.7 Å². The number of nitrogens with one attached hydrogen (secondary N) is 1. The predicted molar refractivity (Wildman–Crippen MR) is 113 cm³/mol. The van der Waals surface area contributed by atoms with Crippen LogP contribution in [0, 0.1) is 17.8 Å². The van der Waals surface area contributed by atoms with Crippen LogP contribution in [0.2, 0.25) is 0 Å². The molecule has 1 heterocycles. The monoisotopic (exact) mass is 388 g/mol. The first-order valence-electron chi connectivity index (χ1n) is 10.0. The van der Waals surface area contributed by atoms with Crippen LogP contribution in [-0.2, 0) is 16.0 Å². The van der Waals surface area contributed by atoms with Crippen molar-refractivity contribution in [2.24, 2.45) is 17.8 Å². The van der Waals surface area contributed by atoms with E-state index in [1.165, 1.54) is 4.90 Å². The highest BCUT2D eigenvalue weighted by Crippen LogP contribution is 2.40. The number of nitrogens with zero attached hydrogens (tertiary/aromatic N) is 1. The summed E-state index contributed by atoms with van der Waals surface area (Å²) < 4.78 is 0. The maximum absolute atomic E-state index is 12.9. The molecule has 1 aliphatic heterocycles. The van der Waals surface area contributed by atoms with Crippen molar-refractivity contribution in [2.75, 3.05) is 10.2 Å². The quantitative estimate of drug-likeness (QED) is 0.630. The fourth-order valence-electron chi connectivity index (χ4n) is 4.31. The zero-order chi connectivity index (χ0) is 20.5. The highest BCUT2D eigenvalue weighted by Gasteiger charge is 2.50. The molecule has 1 fully saturated rings. The van der Waals surface area contributed by atoms with Crippen molar-refractivity contribution in [3.8, 4) is 0 Å². The van der Waals surface area contributed by atoms with Crippen molar-refractivity contribution < 1.29 is 14.4 Å². The van der Waals surface area contributed by atoms with Crippen molar-refractivity contribution in [1.29, 1.82) is 0 Å². The molecule has 2 aromatic carbocycles. The van der Waals surface area contributed by atoms with Crippen LogP contribution >= 0.6 is 0 Å². The number of fused-ring (bicyclic) bond motifs is 1.